The summed E-state index contributed by atoms with van der Waals surface area (Å²) in [6.45, 7) is 1.57. The molecule has 3 heterocycles. The van der Waals surface area contributed by atoms with Gasteiger partial charge in [-0.3, -0.25) is 14.4 Å². The number of hydrogen-bond donors (Lipinski definition) is 6. The van der Waals surface area contributed by atoms with Gasteiger partial charge in [0.2, 0.25) is 17.7 Å². The Morgan fingerprint density at radius 3 is 2.57 bits per heavy atom. The number of hydrogen-bond acceptors (Lipinski definition) is 10. The fourth-order valence-electron chi connectivity index (χ4n) is 6.58. The average Bonchev–Trinajstić information content (AvgIpc) is 3.75. The van der Waals surface area contributed by atoms with Crippen molar-refractivity contribution in [2.75, 3.05) is 25.5 Å². The summed E-state index contributed by atoms with van der Waals surface area (Å²) in [4.78, 5) is 44.5. The molecule has 0 bridgehead atoms. The fraction of sp³-hybridized carbons (Fsp3) is 0.342. The third kappa shape index (κ3) is 9.42. The Bertz CT molecular complexity index is 1980. The Hall–Kier alpha value is -4.79. The lowest BCUT2D eigenvalue weighted by molar-refractivity contribution is -0.139. The quantitative estimate of drug-likeness (QED) is 0.0896. The Morgan fingerprint density at radius 1 is 1.02 bits per heavy atom. The molecule has 0 saturated carbocycles. The SMILES string of the molecule is COc1nc(O[C@H]2CCc3c(-c4cccc(C(=O)Nc5ccc(CNC[C@@H](O)CC(=O)O)cn5)c4Cl)cccc32)c(Cl)cc1CNC[C@@H]1CCC(=O)N1. The number of ether oxygens (including phenoxy) is 2. The second-order valence-electron chi connectivity index (χ2n) is 13.0. The molecule has 0 spiro atoms. The van der Waals surface area contributed by atoms with E-state index in [9.17, 15) is 19.5 Å². The van der Waals surface area contributed by atoms with Crippen LogP contribution in [-0.4, -0.2) is 70.3 Å². The van der Waals surface area contributed by atoms with Crippen molar-refractivity contribution in [3.8, 4) is 22.9 Å². The van der Waals surface area contributed by atoms with Crippen LogP contribution in [0, 0.1) is 0 Å². The minimum Gasteiger partial charge on any atom is -0.481 e. The molecule has 2 amide bonds. The summed E-state index contributed by atoms with van der Waals surface area (Å²) in [6.07, 6.45) is 2.66. The summed E-state index contributed by atoms with van der Waals surface area (Å²) in [6, 6.07) is 16.6. The number of nitrogens with one attached hydrogen (secondary N) is 4. The number of pyridine rings is 2. The normalized spacial score (nSPS) is 16.9. The van der Waals surface area contributed by atoms with Gasteiger partial charge in [0, 0.05) is 56.0 Å². The second kappa shape index (κ2) is 17.4. The molecule has 13 nitrogen and oxygen atoms in total. The molecule has 1 aliphatic heterocycles. The summed E-state index contributed by atoms with van der Waals surface area (Å²) in [5, 5.41) is 31.2. The number of nitrogens with zero attached hydrogens (tertiary/aromatic N) is 2. The minimum absolute atomic E-state index is 0.0703. The van der Waals surface area contributed by atoms with Gasteiger partial charge < -0.3 is 41.0 Å². The maximum Gasteiger partial charge on any atom is 0.306 e. The number of anilines is 1. The maximum absolute atomic E-state index is 13.4. The number of benzene rings is 2. The Balaban J connectivity index is 1.11. The number of halogens is 2. The number of amides is 2. The molecule has 4 aromatic rings. The van der Waals surface area contributed by atoms with Crippen LogP contribution in [0.5, 0.6) is 11.8 Å². The summed E-state index contributed by atoms with van der Waals surface area (Å²) in [5.74, 6) is -0.419. The number of aliphatic hydroxyl groups excluding tert-OH is 1. The van der Waals surface area contributed by atoms with E-state index in [1.807, 2.05) is 24.3 Å². The number of fused-ring (bicyclic) bond motifs is 1. The maximum atomic E-state index is 13.4. The minimum atomic E-state index is -1.07. The van der Waals surface area contributed by atoms with E-state index in [-0.39, 0.29) is 42.5 Å². The van der Waals surface area contributed by atoms with Crippen molar-refractivity contribution in [2.24, 2.45) is 0 Å². The van der Waals surface area contributed by atoms with Gasteiger partial charge in [-0.1, -0.05) is 59.6 Å². The van der Waals surface area contributed by atoms with Gasteiger partial charge in [0.25, 0.3) is 5.91 Å². The zero-order valence-electron chi connectivity index (χ0n) is 29.0. The number of carboxylic acid groups (broad SMARTS) is 1. The van der Waals surface area contributed by atoms with Crippen molar-refractivity contribution in [1.82, 2.24) is 25.9 Å². The molecule has 1 saturated heterocycles. The van der Waals surface area contributed by atoms with E-state index in [2.05, 4.69) is 31.2 Å². The molecular weight excluding hydrogens is 723 g/mol. The summed E-state index contributed by atoms with van der Waals surface area (Å²) < 4.78 is 12.0. The van der Waals surface area contributed by atoms with E-state index in [1.165, 1.54) is 0 Å². The summed E-state index contributed by atoms with van der Waals surface area (Å²) in [5.41, 5.74) is 5.50. The molecule has 6 rings (SSSR count). The lowest BCUT2D eigenvalue weighted by Crippen LogP contribution is -2.35. The largest absolute Gasteiger partial charge is 0.481 e. The highest BCUT2D eigenvalue weighted by atomic mass is 35.5. The molecule has 3 atom stereocenters. The summed E-state index contributed by atoms with van der Waals surface area (Å²) in [7, 11) is 1.55. The number of rotatable bonds is 16. The molecule has 2 aromatic heterocycles. The van der Waals surface area contributed by atoms with Crippen molar-refractivity contribution in [2.45, 2.75) is 63.4 Å². The zero-order valence-corrected chi connectivity index (χ0v) is 30.5. The van der Waals surface area contributed by atoms with E-state index in [0.29, 0.717) is 66.2 Å². The molecular formula is C38H40Cl2N6O7. The predicted molar refractivity (Wildman–Crippen MR) is 199 cm³/mol. The van der Waals surface area contributed by atoms with Crippen LogP contribution in [0.25, 0.3) is 11.1 Å². The smallest absolute Gasteiger partial charge is 0.306 e. The first-order valence-electron chi connectivity index (χ1n) is 17.3. The van der Waals surface area contributed by atoms with Gasteiger partial charge in [0.15, 0.2) is 0 Å². The van der Waals surface area contributed by atoms with E-state index < -0.39 is 18.0 Å². The Morgan fingerprint density at radius 2 is 1.83 bits per heavy atom. The van der Waals surface area contributed by atoms with Crippen molar-refractivity contribution < 1.29 is 34.1 Å². The number of aliphatic hydroxyl groups is 1. The van der Waals surface area contributed by atoms with Crippen LogP contribution >= 0.6 is 23.2 Å². The molecule has 1 fully saturated rings. The van der Waals surface area contributed by atoms with E-state index in [0.717, 1.165) is 34.2 Å². The Labute approximate surface area is 316 Å². The topological polar surface area (TPSA) is 184 Å². The highest BCUT2D eigenvalue weighted by molar-refractivity contribution is 6.37. The van der Waals surface area contributed by atoms with Crippen LogP contribution in [0.2, 0.25) is 10.0 Å². The molecule has 0 radical (unpaired) electrons. The average molecular weight is 764 g/mol. The van der Waals surface area contributed by atoms with Gasteiger partial charge >= 0.3 is 5.97 Å². The predicted octanol–water partition coefficient (Wildman–Crippen LogP) is 5.07. The Kier molecular flexibility index (Phi) is 12.4. The monoisotopic (exact) mass is 762 g/mol. The number of carbonyl (C=O) groups is 3. The van der Waals surface area contributed by atoms with Crippen LogP contribution in [0.3, 0.4) is 0 Å². The number of methoxy groups -OCH3 is 1. The van der Waals surface area contributed by atoms with Crippen LogP contribution in [-0.2, 0) is 29.1 Å². The lowest BCUT2D eigenvalue weighted by Gasteiger charge is -2.18. The van der Waals surface area contributed by atoms with Gasteiger partial charge in [0.1, 0.15) is 16.9 Å². The number of aromatic nitrogens is 2. The first-order valence-corrected chi connectivity index (χ1v) is 18.0. The third-order valence-corrected chi connectivity index (χ3v) is 9.83. The van der Waals surface area contributed by atoms with Crippen LogP contribution in [0.1, 0.15) is 64.4 Å². The fourth-order valence-corrected chi connectivity index (χ4v) is 7.11. The number of aliphatic carboxylic acids is 1. The van der Waals surface area contributed by atoms with Gasteiger partial charge in [0.05, 0.1) is 30.2 Å². The molecule has 15 heteroatoms. The van der Waals surface area contributed by atoms with Crippen LogP contribution in [0.4, 0.5) is 5.82 Å². The third-order valence-electron chi connectivity index (χ3n) is 9.16. The molecule has 6 N–H and O–H groups in total. The van der Waals surface area contributed by atoms with Gasteiger partial charge in [-0.05, 0) is 59.7 Å². The van der Waals surface area contributed by atoms with Gasteiger partial charge in [-0.15, -0.1) is 0 Å². The number of carboxylic acids is 1. The standard InChI is InChI=1S/C38H40Cl2N6O7/c1-52-37-22(18-42-19-23-9-13-33(48)44-23)14-30(39)38(46-37)53-31-11-10-26-25(4-2-5-27(26)31)28-6-3-7-29(35(28)40)36(51)45-32-12-8-21(17-43-32)16-41-20-24(47)15-34(49)50/h2-8,12,14,17,23-24,31,41-42,47H,9-11,13,15-16,18-20H2,1H3,(H,44,48)(H,49,50)(H,43,45,51)/t23-,24-,31-/m0/s1. The van der Waals surface area contributed by atoms with Gasteiger partial charge in [-0.2, -0.15) is 4.98 Å². The zero-order chi connectivity index (χ0) is 37.5. The number of carbonyl (C=O) groups excluding carboxylic acids is 2. The highest BCUT2D eigenvalue weighted by Crippen LogP contribution is 2.43. The van der Waals surface area contributed by atoms with Crippen LogP contribution in [0.15, 0.2) is 60.8 Å². The van der Waals surface area contributed by atoms with Crippen molar-refractivity contribution in [1.29, 1.82) is 0 Å². The van der Waals surface area contributed by atoms with Gasteiger partial charge in [-0.25, -0.2) is 4.98 Å². The molecule has 53 heavy (non-hydrogen) atoms. The van der Waals surface area contributed by atoms with E-state index >= 15 is 0 Å². The lowest BCUT2D eigenvalue weighted by atomic mass is 9.95. The molecule has 278 valence electrons. The second-order valence-corrected chi connectivity index (χ2v) is 13.7. The molecule has 0 unspecified atom stereocenters. The first kappa shape index (κ1) is 38.0. The van der Waals surface area contributed by atoms with Crippen molar-refractivity contribution >= 4 is 46.8 Å². The molecule has 2 aliphatic rings. The highest BCUT2D eigenvalue weighted by Gasteiger charge is 2.29. The molecule has 1 aliphatic carbocycles. The molecule has 2 aromatic carbocycles. The first-order chi connectivity index (χ1) is 25.6. The van der Waals surface area contributed by atoms with E-state index in [1.54, 1.807) is 43.6 Å². The van der Waals surface area contributed by atoms with Crippen molar-refractivity contribution in [3.05, 3.63) is 98.7 Å². The van der Waals surface area contributed by atoms with Crippen LogP contribution < -0.4 is 30.7 Å². The van der Waals surface area contributed by atoms with E-state index in [4.69, 9.17) is 37.8 Å². The van der Waals surface area contributed by atoms with Crippen molar-refractivity contribution in [3.63, 3.8) is 0 Å². The summed E-state index contributed by atoms with van der Waals surface area (Å²) >= 11 is 13.6.